The highest BCUT2D eigenvalue weighted by molar-refractivity contribution is 6.33. The third-order valence-electron chi connectivity index (χ3n) is 2.71. The van der Waals surface area contributed by atoms with E-state index in [2.05, 4.69) is 0 Å². The number of carbonyl (C=O) groups is 2. The van der Waals surface area contributed by atoms with Gasteiger partial charge < -0.3 is 11.5 Å². The molecule has 0 bridgehead atoms. The van der Waals surface area contributed by atoms with Crippen LogP contribution >= 0.6 is 11.6 Å². The van der Waals surface area contributed by atoms with Crippen LogP contribution in [0.2, 0.25) is 5.02 Å². The lowest BCUT2D eigenvalue weighted by Crippen LogP contribution is -2.11. The third-order valence-corrected chi connectivity index (χ3v) is 3.04. The minimum Gasteiger partial charge on any atom is -0.366 e. The maximum Gasteiger partial charge on any atom is 0.248 e. The van der Waals surface area contributed by atoms with Gasteiger partial charge in [0.1, 0.15) is 0 Å². The monoisotopic (exact) mass is 274 g/mol. The molecular formula is C14H11ClN2O2. The van der Waals surface area contributed by atoms with Gasteiger partial charge in [-0.1, -0.05) is 23.7 Å². The van der Waals surface area contributed by atoms with Crippen molar-refractivity contribution in [3.63, 3.8) is 0 Å². The Hall–Kier alpha value is -2.33. The summed E-state index contributed by atoms with van der Waals surface area (Å²) in [5.41, 5.74) is 12.5. The van der Waals surface area contributed by atoms with Gasteiger partial charge >= 0.3 is 0 Å². The highest BCUT2D eigenvalue weighted by Gasteiger charge is 2.09. The quantitative estimate of drug-likeness (QED) is 0.899. The van der Waals surface area contributed by atoms with Crippen LogP contribution in [0.3, 0.4) is 0 Å². The van der Waals surface area contributed by atoms with Gasteiger partial charge in [-0.3, -0.25) is 9.59 Å². The summed E-state index contributed by atoms with van der Waals surface area (Å²) in [6.07, 6.45) is 0. The Balaban J connectivity index is 2.57. The van der Waals surface area contributed by atoms with Gasteiger partial charge in [0, 0.05) is 21.7 Å². The van der Waals surface area contributed by atoms with Crippen LogP contribution < -0.4 is 11.5 Å². The highest BCUT2D eigenvalue weighted by Crippen LogP contribution is 2.29. The second kappa shape index (κ2) is 5.12. The standard InChI is InChI=1S/C14H11ClN2O2/c15-12-5-4-10(14(17)19)7-11(12)8-2-1-3-9(6-8)13(16)18/h1-7H,(H2,16,18)(H2,17,19). The van der Waals surface area contributed by atoms with Crippen LogP contribution in [0.15, 0.2) is 42.5 Å². The van der Waals surface area contributed by atoms with Crippen molar-refractivity contribution in [1.29, 1.82) is 0 Å². The van der Waals surface area contributed by atoms with Gasteiger partial charge in [0.25, 0.3) is 0 Å². The van der Waals surface area contributed by atoms with Gasteiger partial charge in [0.2, 0.25) is 11.8 Å². The fourth-order valence-electron chi connectivity index (χ4n) is 1.74. The molecule has 2 aromatic rings. The molecule has 2 amide bonds. The van der Waals surface area contributed by atoms with Gasteiger partial charge in [-0.2, -0.15) is 0 Å². The molecule has 0 aromatic heterocycles. The fourth-order valence-corrected chi connectivity index (χ4v) is 1.97. The molecule has 2 aromatic carbocycles. The predicted octanol–water partition coefficient (Wildman–Crippen LogP) is 2.20. The molecule has 96 valence electrons. The molecule has 0 saturated carbocycles. The topological polar surface area (TPSA) is 86.2 Å². The van der Waals surface area contributed by atoms with Crippen molar-refractivity contribution in [2.75, 3.05) is 0 Å². The van der Waals surface area contributed by atoms with Gasteiger partial charge in [0.15, 0.2) is 0 Å². The SMILES string of the molecule is NC(=O)c1cccc(-c2cc(C(N)=O)ccc2Cl)c1. The van der Waals surface area contributed by atoms with Gasteiger partial charge in [-0.05, 0) is 35.9 Å². The van der Waals surface area contributed by atoms with E-state index in [-0.39, 0.29) is 0 Å². The van der Waals surface area contributed by atoms with Crippen LogP contribution in [0.4, 0.5) is 0 Å². The number of benzene rings is 2. The number of primary amides is 2. The van der Waals surface area contributed by atoms with Crippen LogP contribution in [0.25, 0.3) is 11.1 Å². The summed E-state index contributed by atoms with van der Waals surface area (Å²) in [4.78, 5) is 22.3. The summed E-state index contributed by atoms with van der Waals surface area (Å²) in [7, 11) is 0. The largest absolute Gasteiger partial charge is 0.366 e. The molecular weight excluding hydrogens is 264 g/mol. The van der Waals surface area contributed by atoms with E-state index < -0.39 is 11.8 Å². The number of hydrogen-bond donors (Lipinski definition) is 2. The Labute approximate surface area is 115 Å². The van der Waals surface area contributed by atoms with E-state index in [9.17, 15) is 9.59 Å². The van der Waals surface area contributed by atoms with Crippen molar-refractivity contribution in [3.05, 3.63) is 58.6 Å². The number of nitrogens with two attached hydrogens (primary N) is 2. The Bertz CT molecular complexity index is 668. The first-order valence-electron chi connectivity index (χ1n) is 5.48. The molecule has 5 heteroatoms. The normalized spacial score (nSPS) is 10.2. The molecule has 4 N–H and O–H groups in total. The fraction of sp³-hybridized carbons (Fsp3) is 0. The van der Waals surface area contributed by atoms with Crippen molar-refractivity contribution in [1.82, 2.24) is 0 Å². The Morgan fingerprint density at radius 2 is 1.53 bits per heavy atom. The lowest BCUT2D eigenvalue weighted by molar-refractivity contribution is 0.0991. The molecule has 0 unspecified atom stereocenters. The molecule has 0 radical (unpaired) electrons. The molecule has 0 atom stereocenters. The van der Waals surface area contributed by atoms with E-state index in [1.807, 2.05) is 0 Å². The summed E-state index contributed by atoms with van der Waals surface area (Å²) >= 11 is 6.10. The van der Waals surface area contributed by atoms with Crippen molar-refractivity contribution < 1.29 is 9.59 Å². The second-order valence-electron chi connectivity index (χ2n) is 4.00. The first-order valence-corrected chi connectivity index (χ1v) is 5.86. The van der Waals surface area contributed by atoms with E-state index in [1.165, 1.54) is 0 Å². The third kappa shape index (κ3) is 2.74. The summed E-state index contributed by atoms with van der Waals surface area (Å²) in [5, 5.41) is 0.464. The first kappa shape index (κ1) is 13.1. The Kier molecular flexibility index (Phi) is 3.53. The zero-order chi connectivity index (χ0) is 14.0. The van der Waals surface area contributed by atoms with Crippen LogP contribution in [-0.4, -0.2) is 11.8 Å². The molecule has 2 rings (SSSR count). The molecule has 19 heavy (non-hydrogen) atoms. The average molecular weight is 275 g/mol. The zero-order valence-corrected chi connectivity index (χ0v) is 10.6. The van der Waals surface area contributed by atoms with Crippen molar-refractivity contribution >= 4 is 23.4 Å². The molecule has 0 aliphatic rings. The molecule has 0 aliphatic carbocycles. The Morgan fingerprint density at radius 1 is 0.895 bits per heavy atom. The van der Waals surface area contributed by atoms with Crippen LogP contribution in [0.5, 0.6) is 0 Å². The second-order valence-corrected chi connectivity index (χ2v) is 4.41. The van der Waals surface area contributed by atoms with Crippen LogP contribution in [0, 0.1) is 0 Å². The number of rotatable bonds is 3. The van der Waals surface area contributed by atoms with E-state index in [0.29, 0.717) is 27.3 Å². The lowest BCUT2D eigenvalue weighted by Gasteiger charge is -2.07. The van der Waals surface area contributed by atoms with Crippen molar-refractivity contribution in [2.45, 2.75) is 0 Å². The smallest absolute Gasteiger partial charge is 0.248 e. The van der Waals surface area contributed by atoms with Crippen molar-refractivity contribution in [2.24, 2.45) is 11.5 Å². The van der Waals surface area contributed by atoms with Crippen LogP contribution in [-0.2, 0) is 0 Å². The van der Waals surface area contributed by atoms with E-state index in [1.54, 1.807) is 42.5 Å². The highest BCUT2D eigenvalue weighted by atomic mass is 35.5. The summed E-state index contributed by atoms with van der Waals surface area (Å²) in [6.45, 7) is 0. The number of carbonyl (C=O) groups excluding carboxylic acids is 2. The number of amides is 2. The average Bonchev–Trinajstić information content (AvgIpc) is 2.39. The van der Waals surface area contributed by atoms with E-state index in [4.69, 9.17) is 23.1 Å². The molecule has 0 saturated heterocycles. The molecule has 0 fully saturated rings. The van der Waals surface area contributed by atoms with Gasteiger partial charge in [0.05, 0.1) is 0 Å². The molecule has 0 spiro atoms. The first-order chi connectivity index (χ1) is 8.99. The summed E-state index contributed by atoms with van der Waals surface area (Å²) in [5.74, 6) is -1.06. The van der Waals surface area contributed by atoms with Gasteiger partial charge in [-0.15, -0.1) is 0 Å². The maximum atomic E-state index is 11.2. The minimum absolute atomic E-state index is 0.351. The maximum absolute atomic E-state index is 11.2. The summed E-state index contributed by atoms with van der Waals surface area (Å²) in [6, 6.07) is 11.4. The van der Waals surface area contributed by atoms with Gasteiger partial charge in [-0.25, -0.2) is 0 Å². The van der Waals surface area contributed by atoms with E-state index >= 15 is 0 Å². The van der Waals surface area contributed by atoms with Crippen LogP contribution in [0.1, 0.15) is 20.7 Å². The molecule has 0 aliphatic heterocycles. The Morgan fingerprint density at radius 3 is 2.16 bits per heavy atom. The van der Waals surface area contributed by atoms with Crippen molar-refractivity contribution in [3.8, 4) is 11.1 Å². The number of hydrogen-bond acceptors (Lipinski definition) is 2. The number of halogens is 1. The molecule has 0 heterocycles. The van der Waals surface area contributed by atoms with E-state index in [0.717, 1.165) is 0 Å². The lowest BCUT2D eigenvalue weighted by atomic mass is 10.0. The zero-order valence-electron chi connectivity index (χ0n) is 9.89. The minimum atomic E-state index is -0.538. The summed E-state index contributed by atoms with van der Waals surface area (Å²) < 4.78 is 0. The molecule has 4 nitrogen and oxygen atoms in total. The predicted molar refractivity (Wildman–Crippen MR) is 73.9 cm³/mol.